The Hall–Kier alpha value is -3.02. The monoisotopic (exact) mass is 350 g/mol. The van der Waals surface area contributed by atoms with Crippen LogP contribution in [0.1, 0.15) is 38.7 Å². The lowest BCUT2D eigenvalue weighted by Gasteiger charge is -2.12. The second kappa shape index (κ2) is 7.07. The molecule has 1 aromatic carbocycles. The van der Waals surface area contributed by atoms with Crippen LogP contribution in [0, 0.1) is 27.7 Å². The van der Waals surface area contributed by atoms with Crippen molar-refractivity contribution < 1.29 is 4.79 Å². The quantitative estimate of drug-likeness (QED) is 0.757. The van der Waals surface area contributed by atoms with E-state index in [1.54, 1.807) is 6.92 Å². The molecule has 2 N–H and O–H groups in total. The molecule has 6 heteroatoms. The molecule has 2 heterocycles. The highest BCUT2D eigenvalue weighted by Gasteiger charge is 2.14. The third-order valence-corrected chi connectivity index (χ3v) is 4.20. The van der Waals surface area contributed by atoms with Crippen LogP contribution in [0.15, 0.2) is 29.1 Å². The Morgan fingerprint density at radius 1 is 1.08 bits per heavy atom. The summed E-state index contributed by atoms with van der Waals surface area (Å²) in [5.74, 6) is 0.426. The summed E-state index contributed by atoms with van der Waals surface area (Å²) in [7, 11) is 0. The van der Waals surface area contributed by atoms with Crippen LogP contribution in [0.2, 0.25) is 0 Å². The van der Waals surface area contributed by atoms with Gasteiger partial charge in [-0.05, 0) is 51.0 Å². The van der Waals surface area contributed by atoms with Gasteiger partial charge in [-0.2, -0.15) is 0 Å². The summed E-state index contributed by atoms with van der Waals surface area (Å²) in [4.78, 5) is 35.7. The number of pyridine rings is 1. The van der Waals surface area contributed by atoms with Crippen molar-refractivity contribution >= 4 is 16.8 Å². The number of nitrogens with one attached hydrogen (secondary N) is 2. The molecule has 0 saturated carbocycles. The number of amides is 1. The lowest BCUT2D eigenvalue weighted by molar-refractivity contribution is 0.0955. The zero-order valence-corrected chi connectivity index (χ0v) is 15.4. The average molecular weight is 350 g/mol. The summed E-state index contributed by atoms with van der Waals surface area (Å²) in [5.41, 5.74) is 4.90. The van der Waals surface area contributed by atoms with Crippen LogP contribution in [-0.4, -0.2) is 27.4 Å². The zero-order valence-electron chi connectivity index (χ0n) is 15.4. The number of benzene rings is 1. The molecule has 2 aromatic heterocycles. The van der Waals surface area contributed by atoms with Crippen molar-refractivity contribution in [2.24, 2.45) is 0 Å². The Bertz CT molecular complexity index is 1050. The van der Waals surface area contributed by atoms with E-state index in [1.165, 1.54) is 6.07 Å². The predicted octanol–water partition coefficient (Wildman–Crippen LogP) is 2.52. The van der Waals surface area contributed by atoms with Crippen LogP contribution in [0.5, 0.6) is 0 Å². The van der Waals surface area contributed by atoms with Crippen molar-refractivity contribution in [2.75, 3.05) is 6.54 Å². The van der Waals surface area contributed by atoms with Crippen LogP contribution >= 0.6 is 0 Å². The molecule has 0 fully saturated rings. The molecule has 1 amide bonds. The van der Waals surface area contributed by atoms with Gasteiger partial charge in [0.2, 0.25) is 0 Å². The molecule has 0 spiro atoms. The lowest BCUT2D eigenvalue weighted by Crippen LogP contribution is -2.27. The molecule has 0 saturated heterocycles. The van der Waals surface area contributed by atoms with Crippen LogP contribution in [0.3, 0.4) is 0 Å². The number of aromatic amines is 1. The maximum Gasteiger partial charge on any atom is 0.252 e. The average Bonchev–Trinajstić information content (AvgIpc) is 2.52. The Labute approximate surface area is 151 Å². The number of hydrogen-bond donors (Lipinski definition) is 2. The largest absolute Gasteiger partial charge is 0.352 e. The first kappa shape index (κ1) is 17.8. The van der Waals surface area contributed by atoms with Crippen LogP contribution in [-0.2, 0) is 6.42 Å². The maximum absolute atomic E-state index is 12.7. The summed E-state index contributed by atoms with van der Waals surface area (Å²) in [6, 6.07) is 7.32. The van der Waals surface area contributed by atoms with E-state index in [0.29, 0.717) is 30.0 Å². The van der Waals surface area contributed by atoms with Gasteiger partial charge in [0.05, 0.1) is 11.1 Å². The predicted molar refractivity (Wildman–Crippen MR) is 102 cm³/mol. The third kappa shape index (κ3) is 3.79. The Balaban J connectivity index is 1.82. The van der Waals surface area contributed by atoms with Gasteiger partial charge in [0.15, 0.2) is 0 Å². The topological polar surface area (TPSA) is 87.7 Å². The van der Waals surface area contributed by atoms with Crippen molar-refractivity contribution in [3.63, 3.8) is 0 Å². The van der Waals surface area contributed by atoms with Crippen LogP contribution in [0.4, 0.5) is 0 Å². The van der Waals surface area contributed by atoms with Gasteiger partial charge in [-0.1, -0.05) is 6.07 Å². The fourth-order valence-electron chi connectivity index (χ4n) is 3.23. The number of hydrogen-bond acceptors (Lipinski definition) is 4. The van der Waals surface area contributed by atoms with Gasteiger partial charge in [-0.15, -0.1) is 0 Å². The van der Waals surface area contributed by atoms with Crippen molar-refractivity contribution in [3.05, 3.63) is 68.5 Å². The Morgan fingerprint density at radius 3 is 2.58 bits per heavy atom. The minimum Gasteiger partial charge on any atom is -0.352 e. The number of nitrogens with zero attached hydrogens (tertiary/aromatic N) is 2. The number of carbonyl (C=O) groups is 1. The van der Waals surface area contributed by atoms with Crippen molar-refractivity contribution in [3.8, 4) is 0 Å². The fourth-order valence-corrected chi connectivity index (χ4v) is 3.23. The molecule has 0 radical (unpaired) electrons. The number of carbonyl (C=O) groups excluding carboxylic acids is 1. The van der Waals surface area contributed by atoms with E-state index < -0.39 is 0 Å². The maximum atomic E-state index is 12.7. The van der Waals surface area contributed by atoms with Crippen LogP contribution < -0.4 is 10.9 Å². The molecule has 0 aliphatic heterocycles. The standard InChI is InChI=1S/C20H22N4O2/c1-11-7-12(2)19-16(9-13(3)22-17(19)8-11)20(26)21-6-5-15-10-18(25)24-14(4)23-15/h7-10H,5-6H2,1-4H3,(H,21,26)(H,23,24,25). The van der Waals surface area contributed by atoms with Gasteiger partial charge in [0.25, 0.3) is 11.5 Å². The first-order chi connectivity index (χ1) is 12.3. The Morgan fingerprint density at radius 2 is 1.85 bits per heavy atom. The van der Waals surface area contributed by atoms with E-state index in [1.807, 2.05) is 32.9 Å². The molecule has 0 bridgehead atoms. The number of H-pyrrole nitrogens is 1. The molecule has 134 valence electrons. The summed E-state index contributed by atoms with van der Waals surface area (Å²) in [6.07, 6.45) is 0.497. The van der Waals surface area contributed by atoms with Crippen molar-refractivity contribution in [1.29, 1.82) is 0 Å². The van der Waals surface area contributed by atoms with Gasteiger partial charge < -0.3 is 10.3 Å². The SMILES string of the molecule is Cc1cc(C)c2c(C(=O)NCCc3cc(=O)[nH]c(C)n3)cc(C)nc2c1. The smallest absolute Gasteiger partial charge is 0.252 e. The van der Waals surface area contributed by atoms with Gasteiger partial charge in [-0.3, -0.25) is 14.6 Å². The normalized spacial score (nSPS) is 10.9. The van der Waals surface area contributed by atoms with Gasteiger partial charge in [-0.25, -0.2) is 4.98 Å². The zero-order chi connectivity index (χ0) is 18.8. The summed E-state index contributed by atoms with van der Waals surface area (Å²) in [6.45, 7) is 8.04. The molecule has 26 heavy (non-hydrogen) atoms. The van der Waals surface area contributed by atoms with Crippen molar-refractivity contribution in [1.82, 2.24) is 20.3 Å². The molecule has 0 aliphatic carbocycles. The molecule has 3 rings (SSSR count). The van der Waals surface area contributed by atoms with Gasteiger partial charge >= 0.3 is 0 Å². The fraction of sp³-hybridized carbons (Fsp3) is 0.300. The molecule has 3 aromatic rings. The first-order valence-electron chi connectivity index (χ1n) is 8.57. The Kier molecular flexibility index (Phi) is 4.84. The van der Waals surface area contributed by atoms with E-state index in [2.05, 4.69) is 26.3 Å². The summed E-state index contributed by atoms with van der Waals surface area (Å²) in [5, 5.41) is 3.81. The highest BCUT2D eigenvalue weighted by Crippen LogP contribution is 2.24. The van der Waals surface area contributed by atoms with E-state index in [0.717, 1.165) is 27.7 Å². The molecule has 0 aliphatic rings. The minimum atomic E-state index is -0.180. The number of aryl methyl sites for hydroxylation is 4. The van der Waals surface area contributed by atoms with E-state index in [-0.39, 0.29) is 11.5 Å². The number of aromatic nitrogens is 3. The van der Waals surface area contributed by atoms with Crippen LogP contribution in [0.25, 0.3) is 10.9 Å². The highest BCUT2D eigenvalue weighted by molar-refractivity contribution is 6.07. The second-order valence-corrected chi connectivity index (χ2v) is 6.62. The van der Waals surface area contributed by atoms with E-state index >= 15 is 0 Å². The molecular weight excluding hydrogens is 328 g/mol. The minimum absolute atomic E-state index is 0.144. The second-order valence-electron chi connectivity index (χ2n) is 6.62. The highest BCUT2D eigenvalue weighted by atomic mass is 16.1. The first-order valence-corrected chi connectivity index (χ1v) is 8.57. The number of fused-ring (bicyclic) bond motifs is 1. The van der Waals surface area contributed by atoms with E-state index in [9.17, 15) is 9.59 Å². The molecule has 0 atom stereocenters. The molecule has 0 unspecified atom stereocenters. The van der Waals surface area contributed by atoms with E-state index in [4.69, 9.17) is 0 Å². The number of rotatable bonds is 4. The molecular formula is C20H22N4O2. The summed E-state index contributed by atoms with van der Waals surface area (Å²) >= 11 is 0. The van der Waals surface area contributed by atoms with Crippen molar-refractivity contribution in [2.45, 2.75) is 34.1 Å². The third-order valence-electron chi connectivity index (χ3n) is 4.20. The molecule has 6 nitrogen and oxygen atoms in total. The summed E-state index contributed by atoms with van der Waals surface area (Å²) < 4.78 is 0. The van der Waals surface area contributed by atoms with Gasteiger partial charge in [0.1, 0.15) is 5.82 Å². The lowest BCUT2D eigenvalue weighted by atomic mass is 10.00. The van der Waals surface area contributed by atoms with Gasteiger partial charge in [0, 0.05) is 35.8 Å².